The van der Waals surface area contributed by atoms with E-state index in [1.54, 1.807) is 0 Å². The van der Waals surface area contributed by atoms with Crippen LogP contribution < -0.4 is 5.32 Å². The Morgan fingerprint density at radius 1 is 1.17 bits per heavy atom. The molecule has 5 atom stereocenters. The van der Waals surface area contributed by atoms with Gasteiger partial charge in [0.15, 0.2) is 0 Å². The number of hydrogen-bond acceptors (Lipinski definition) is 5. The largest absolute Gasteiger partial charge is 0.481 e. The van der Waals surface area contributed by atoms with Gasteiger partial charge in [0.2, 0.25) is 5.91 Å². The van der Waals surface area contributed by atoms with Gasteiger partial charge in [-0.3, -0.25) is 9.59 Å². The molecule has 0 aromatic carbocycles. The summed E-state index contributed by atoms with van der Waals surface area (Å²) in [5.41, 5.74) is 1.50. The van der Waals surface area contributed by atoms with Crippen molar-refractivity contribution in [3.63, 3.8) is 0 Å². The Morgan fingerprint density at radius 2 is 1.90 bits per heavy atom. The second kappa shape index (κ2) is 8.09. The van der Waals surface area contributed by atoms with Gasteiger partial charge in [-0.05, 0) is 68.3 Å². The zero-order valence-corrected chi connectivity index (χ0v) is 17.8. The maximum Gasteiger partial charge on any atom is 0.341 e. The summed E-state index contributed by atoms with van der Waals surface area (Å²) >= 11 is 1.46. The summed E-state index contributed by atoms with van der Waals surface area (Å²) in [6, 6.07) is 0. The van der Waals surface area contributed by atoms with Crippen LogP contribution in [0, 0.1) is 29.6 Å². The lowest BCUT2D eigenvalue weighted by Crippen LogP contribution is -2.38. The highest BCUT2D eigenvalue weighted by Gasteiger charge is 2.54. The summed E-state index contributed by atoms with van der Waals surface area (Å²) < 4.78 is 5.41. The molecule has 0 radical (unpaired) electrons. The van der Waals surface area contributed by atoms with Crippen molar-refractivity contribution in [3.05, 3.63) is 16.0 Å². The Bertz CT molecular complexity index is 831. The number of anilines is 1. The van der Waals surface area contributed by atoms with Crippen molar-refractivity contribution in [1.82, 2.24) is 0 Å². The van der Waals surface area contributed by atoms with Gasteiger partial charge < -0.3 is 15.2 Å². The fourth-order valence-electron chi connectivity index (χ4n) is 5.54. The van der Waals surface area contributed by atoms with Gasteiger partial charge >= 0.3 is 11.9 Å². The molecule has 4 rings (SSSR count). The lowest BCUT2D eigenvalue weighted by molar-refractivity contribution is -0.148. The number of esters is 1. The second-order valence-electron chi connectivity index (χ2n) is 8.90. The van der Waals surface area contributed by atoms with Gasteiger partial charge in [0.05, 0.1) is 24.0 Å². The average molecular weight is 420 g/mol. The van der Waals surface area contributed by atoms with Gasteiger partial charge in [0.1, 0.15) is 5.00 Å². The molecule has 1 amide bonds. The first-order valence-electron chi connectivity index (χ1n) is 10.8. The van der Waals surface area contributed by atoms with Crippen molar-refractivity contribution in [2.45, 2.75) is 58.8 Å². The molecule has 29 heavy (non-hydrogen) atoms. The highest BCUT2D eigenvalue weighted by atomic mass is 32.1. The molecule has 2 saturated carbocycles. The van der Waals surface area contributed by atoms with Crippen molar-refractivity contribution in [3.8, 4) is 0 Å². The molecule has 0 saturated heterocycles. The molecule has 0 spiro atoms. The third-order valence-corrected chi connectivity index (χ3v) is 8.06. The number of hydrogen-bond donors (Lipinski definition) is 2. The van der Waals surface area contributed by atoms with Crippen LogP contribution in [-0.4, -0.2) is 29.6 Å². The molecule has 7 heteroatoms. The van der Waals surface area contributed by atoms with E-state index in [1.807, 2.05) is 6.92 Å². The van der Waals surface area contributed by atoms with E-state index in [0.717, 1.165) is 55.4 Å². The van der Waals surface area contributed by atoms with E-state index in [4.69, 9.17) is 4.74 Å². The van der Waals surface area contributed by atoms with Crippen LogP contribution in [0.3, 0.4) is 0 Å². The van der Waals surface area contributed by atoms with E-state index in [2.05, 4.69) is 12.2 Å². The summed E-state index contributed by atoms with van der Waals surface area (Å²) in [7, 11) is 0. The van der Waals surface area contributed by atoms with E-state index in [9.17, 15) is 19.5 Å². The third kappa shape index (κ3) is 3.69. The number of carboxylic acid groups (broad SMARTS) is 1. The van der Waals surface area contributed by atoms with E-state index < -0.39 is 17.8 Å². The number of aliphatic carboxylic acids is 1. The molecule has 2 fully saturated rings. The van der Waals surface area contributed by atoms with Crippen molar-refractivity contribution >= 4 is 34.2 Å². The minimum absolute atomic E-state index is 0.0969. The molecule has 0 aliphatic heterocycles. The molecule has 2 N–H and O–H groups in total. The van der Waals surface area contributed by atoms with Gasteiger partial charge in [-0.2, -0.15) is 0 Å². The summed E-state index contributed by atoms with van der Waals surface area (Å²) in [5.74, 6) is -1.85. The zero-order valence-electron chi connectivity index (χ0n) is 17.0. The number of amides is 1. The van der Waals surface area contributed by atoms with Gasteiger partial charge in [-0.15, -0.1) is 11.3 Å². The van der Waals surface area contributed by atoms with Crippen molar-refractivity contribution in [1.29, 1.82) is 0 Å². The average Bonchev–Trinajstić information content (AvgIpc) is 3.37. The van der Waals surface area contributed by atoms with Crippen molar-refractivity contribution in [2.24, 2.45) is 29.6 Å². The molecule has 1 heterocycles. The van der Waals surface area contributed by atoms with E-state index >= 15 is 0 Å². The molecule has 0 unspecified atom stereocenters. The summed E-state index contributed by atoms with van der Waals surface area (Å²) in [6.07, 6.45) is 6.09. The number of carboxylic acids is 1. The highest BCUT2D eigenvalue weighted by molar-refractivity contribution is 7.17. The molecule has 3 aliphatic rings. The molecule has 1 aromatic rings. The monoisotopic (exact) mass is 419 g/mol. The predicted molar refractivity (Wildman–Crippen MR) is 110 cm³/mol. The van der Waals surface area contributed by atoms with E-state index in [0.29, 0.717) is 23.1 Å². The van der Waals surface area contributed by atoms with Crippen LogP contribution in [-0.2, 0) is 27.2 Å². The minimum Gasteiger partial charge on any atom is -0.481 e. The van der Waals surface area contributed by atoms with Crippen molar-refractivity contribution in [2.75, 3.05) is 11.9 Å². The summed E-state index contributed by atoms with van der Waals surface area (Å²) in [6.45, 7) is 4.49. The Balaban J connectivity index is 1.61. The highest BCUT2D eigenvalue weighted by Crippen LogP contribution is 2.53. The maximum absolute atomic E-state index is 13.2. The first-order chi connectivity index (χ1) is 13.9. The smallest absolute Gasteiger partial charge is 0.341 e. The van der Waals surface area contributed by atoms with E-state index in [-0.39, 0.29) is 23.7 Å². The van der Waals surface area contributed by atoms with Crippen LogP contribution in [0.25, 0.3) is 0 Å². The van der Waals surface area contributed by atoms with Crippen LogP contribution in [0.15, 0.2) is 0 Å². The quantitative estimate of drug-likeness (QED) is 0.677. The number of rotatable bonds is 6. The SMILES string of the molecule is CCCOC(=O)c1c(NC(=O)[C@@H]2[C@H]3CC[C@@H](C3)[C@H]2C(=O)O)sc2c1CC[C@@H](C)C2. The molecule has 6 nitrogen and oxygen atoms in total. The first kappa shape index (κ1) is 20.4. The number of fused-ring (bicyclic) bond motifs is 3. The van der Waals surface area contributed by atoms with E-state index in [1.165, 1.54) is 11.3 Å². The second-order valence-corrected chi connectivity index (χ2v) is 10.0. The summed E-state index contributed by atoms with van der Waals surface area (Å²) in [4.78, 5) is 38.9. The lowest BCUT2D eigenvalue weighted by Gasteiger charge is -2.27. The number of carbonyl (C=O) groups excluding carboxylic acids is 2. The molecule has 3 aliphatic carbocycles. The van der Waals surface area contributed by atoms with Crippen LogP contribution >= 0.6 is 11.3 Å². The topological polar surface area (TPSA) is 92.7 Å². The Kier molecular flexibility index (Phi) is 5.69. The molecule has 158 valence electrons. The molecule has 2 bridgehead atoms. The minimum atomic E-state index is -0.876. The normalized spacial score (nSPS) is 30.1. The van der Waals surface area contributed by atoms with Crippen LogP contribution in [0.4, 0.5) is 5.00 Å². The first-order valence-corrected chi connectivity index (χ1v) is 11.6. The van der Waals surface area contributed by atoms with Gasteiger partial charge in [0.25, 0.3) is 0 Å². The fraction of sp³-hybridized carbons (Fsp3) is 0.682. The van der Waals surface area contributed by atoms with Crippen molar-refractivity contribution < 1.29 is 24.2 Å². The molecule has 1 aromatic heterocycles. The van der Waals surface area contributed by atoms with Crippen LogP contribution in [0.2, 0.25) is 0 Å². The predicted octanol–water partition coefficient (Wildman–Crippen LogP) is 4.13. The van der Waals surface area contributed by atoms with Gasteiger partial charge in [-0.25, -0.2) is 4.79 Å². The standard InChI is InChI=1S/C22H29NO5S/c1-3-8-28-22(27)18-14-7-4-11(2)9-15(14)29-20(18)23-19(24)16-12-5-6-13(10-12)17(16)21(25)26/h11-13,16-17H,3-10H2,1-2H3,(H,23,24)(H,25,26)/t11-,12+,13+,16-,17-/m1/s1. The van der Waals surface area contributed by atoms with Gasteiger partial charge in [-0.1, -0.05) is 13.8 Å². The number of thiophene rings is 1. The van der Waals surface area contributed by atoms with Gasteiger partial charge in [0, 0.05) is 4.88 Å². The number of nitrogens with one attached hydrogen (secondary N) is 1. The zero-order chi connectivity index (χ0) is 20.7. The van der Waals surface area contributed by atoms with Crippen LogP contribution in [0.1, 0.15) is 66.8 Å². The maximum atomic E-state index is 13.2. The Hall–Kier alpha value is -1.89. The van der Waals surface area contributed by atoms with Crippen LogP contribution in [0.5, 0.6) is 0 Å². The fourth-order valence-corrected chi connectivity index (χ4v) is 6.94. The third-order valence-electron chi connectivity index (χ3n) is 6.89. The number of ether oxygens (including phenoxy) is 1. The number of carbonyl (C=O) groups is 3. The summed E-state index contributed by atoms with van der Waals surface area (Å²) in [5, 5.41) is 13.2. The molecular formula is C22H29NO5S. The molecular weight excluding hydrogens is 390 g/mol. The Labute approximate surface area is 175 Å². The lowest BCUT2D eigenvalue weighted by atomic mass is 9.78. The Morgan fingerprint density at radius 3 is 2.59 bits per heavy atom.